The molecule has 0 bridgehead atoms. The number of rotatable bonds is 5. The number of morpholine rings is 1. The number of carbonyl (C=O) groups is 1. The summed E-state index contributed by atoms with van der Waals surface area (Å²) in [7, 11) is 0. The van der Waals surface area contributed by atoms with Crippen LogP contribution in [0, 0.1) is 5.82 Å². The molecule has 1 aliphatic heterocycles. The van der Waals surface area contributed by atoms with Crippen molar-refractivity contribution in [3.63, 3.8) is 0 Å². The molecule has 0 aromatic heterocycles. The van der Waals surface area contributed by atoms with E-state index >= 15 is 0 Å². The zero-order valence-corrected chi connectivity index (χ0v) is 15.0. The maximum atomic E-state index is 13.8. The summed E-state index contributed by atoms with van der Waals surface area (Å²) in [6.07, 6.45) is 0. The van der Waals surface area contributed by atoms with Crippen molar-refractivity contribution in [3.05, 3.63) is 59.9 Å². The van der Waals surface area contributed by atoms with E-state index in [9.17, 15) is 14.3 Å². The average Bonchev–Trinajstić information content (AvgIpc) is 2.68. The first-order valence-corrected chi connectivity index (χ1v) is 9.39. The van der Waals surface area contributed by atoms with Crippen molar-refractivity contribution in [3.8, 4) is 0 Å². The van der Waals surface area contributed by atoms with Crippen LogP contribution in [0.5, 0.6) is 0 Å². The minimum absolute atomic E-state index is 0.142. The van der Waals surface area contributed by atoms with Crippen LogP contribution < -0.4 is 5.32 Å². The smallest absolute Gasteiger partial charge is 0.322 e. The third kappa shape index (κ3) is 4.55. The lowest BCUT2D eigenvalue weighted by molar-refractivity contribution is -0.00485. The highest BCUT2D eigenvalue weighted by molar-refractivity contribution is 7.98. The number of anilines is 1. The molecule has 2 amide bonds. The highest BCUT2D eigenvalue weighted by Gasteiger charge is 2.27. The second-order valence-corrected chi connectivity index (χ2v) is 6.93. The maximum Gasteiger partial charge on any atom is 0.322 e. The zero-order valence-electron chi connectivity index (χ0n) is 14.2. The number of benzene rings is 2. The van der Waals surface area contributed by atoms with Gasteiger partial charge in [-0.15, -0.1) is 11.8 Å². The molecule has 0 unspecified atom stereocenters. The van der Waals surface area contributed by atoms with Crippen LogP contribution >= 0.6 is 11.8 Å². The Morgan fingerprint density at radius 3 is 2.85 bits per heavy atom. The van der Waals surface area contributed by atoms with Gasteiger partial charge in [0.1, 0.15) is 5.82 Å². The number of halogens is 1. The van der Waals surface area contributed by atoms with Gasteiger partial charge in [0.25, 0.3) is 0 Å². The molecular formula is C19H21FN2O3S. The van der Waals surface area contributed by atoms with Gasteiger partial charge in [0.15, 0.2) is 0 Å². The summed E-state index contributed by atoms with van der Waals surface area (Å²) >= 11 is 1.46. The summed E-state index contributed by atoms with van der Waals surface area (Å²) in [6, 6.07) is 13.5. The lowest BCUT2D eigenvalue weighted by atomic mass is 10.2. The number of hydrogen-bond acceptors (Lipinski definition) is 4. The molecule has 0 saturated carbocycles. The number of hydrogen-bond donors (Lipinski definition) is 2. The molecule has 1 aliphatic rings. The largest absolute Gasteiger partial charge is 0.394 e. The molecule has 2 aromatic rings. The standard InChI is InChI=1S/C19H21FN2O3S/c20-16-6-2-1-5-14(16)13-26-18-8-4-3-7-17(18)21-19(24)22-9-10-25-12-15(22)11-23/h1-8,15,23H,9-13H2,(H,21,24)/t15-/m1/s1. The number of aliphatic hydroxyl groups is 1. The van der Waals surface area contributed by atoms with Gasteiger partial charge < -0.3 is 20.1 Å². The number of amides is 2. The minimum Gasteiger partial charge on any atom is -0.394 e. The predicted molar refractivity (Wildman–Crippen MR) is 99.8 cm³/mol. The zero-order chi connectivity index (χ0) is 18.4. The van der Waals surface area contributed by atoms with Crippen LogP contribution in [-0.4, -0.2) is 48.4 Å². The van der Waals surface area contributed by atoms with E-state index in [1.54, 1.807) is 23.1 Å². The molecular weight excluding hydrogens is 355 g/mol. The second kappa shape index (κ2) is 9.02. The first kappa shape index (κ1) is 18.7. The molecule has 5 nitrogen and oxygen atoms in total. The van der Waals surface area contributed by atoms with Crippen molar-refractivity contribution in [1.82, 2.24) is 4.90 Å². The monoisotopic (exact) mass is 376 g/mol. The maximum absolute atomic E-state index is 13.8. The fraction of sp³-hybridized carbons (Fsp3) is 0.316. The number of para-hydroxylation sites is 1. The van der Waals surface area contributed by atoms with E-state index in [4.69, 9.17) is 4.74 Å². The Labute approximate surface area is 156 Å². The van der Waals surface area contributed by atoms with Crippen molar-refractivity contribution >= 4 is 23.5 Å². The van der Waals surface area contributed by atoms with Gasteiger partial charge in [-0.3, -0.25) is 0 Å². The van der Waals surface area contributed by atoms with E-state index in [0.29, 0.717) is 36.8 Å². The fourth-order valence-corrected chi connectivity index (χ4v) is 3.72. The van der Waals surface area contributed by atoms with Crippen LogP contribution in [0.2, 0.25) is 0 Å². The van der Waals surface area contributed by atoms with Gasteiger partial charge in [0.05, 0.1) is 31.5 Å². The van der Waals surface area contributed by atoms with Crippen molar-refractivity contribution in [2.24, 2.45) is 0 Å². The normalized spacial score (nSPS) is 17.2. The van der Waals surface area contributed by atoms with Crippen molar-refractivity contribution in [2.75, 3.05) is 31.7 Å². The molecule has 7 heteroatoms. The molecule has 1 saturated heterocycles. The van der Waals surface area contributed by atoms with Gasteiger partial charge in [-0.05, 0) is 23.8 Å². The fourth-order valence-electron chi connectivity index (χ4n) is 2.73. The van der Waals surface area contributed by atoms with E-state index in [-0.39, 0.29) is 24.5 Å². The number of thioether (sulfide) groups is 1. The second-order valence-electron chi connectivity index (χ2n) is 5.91. The molecule has 0 radical (unpaired) electrons. The number of nitrogens with one attached hydrogen (secondary N) is 1. The number of ether oxygens (including phenoxy) is 1. The molecule has 2 aromatic carbocycles. The van der Waals surface area contributed by atoms with Crippen molar-refractivity contribution in [1.29, 1.82) is 0 Å². The molecule has 2 N–H and O–H groups in total. The summed E-state index contributed by atoms with van der Waals surface area (Å²) in [5.41, 5.74) is 1.29. The Morgan fingerprint density at radius 1 is 1.27 bits per heavy atom. The highest BCUT2D eigenvalue weighted by atomic mass is 32.2. The lowest BCUT2D eigenvalue weighted by Gasteiger charge is -2.34. The van der Waals surface area contributed by atoms with Crippen LogP contribution in [0.1, 0.15) is 5.56 Å². The number of urea groups is 1. The Kier molecular flexibility index (Phi) is 6.49. The average molecular weight is 376 g/mol. The van der Waals surface area contributed by atoms with Gasteiger partial charge in [-0.25, -0.2) is 9.18 Å². The third-order valence-corrected chi connectivity index (χ3v) is 5.29. The molecule has 138 valence electrons. The van der Waals surface area contributed by atoms with Crippen molar-refractivity contribution in [2.45, 2.75) is 16.7 Å². The van der Waals surface area contributed by atoms with Crippen LogP contribution in [-0.2, 0) is 10.5 Å². The van der Waals surface area contributed by atoms with Gasteiger partial charge in [-0.1, -0.05) is 30.3 Å². The van der Waals surface area contributed by atoms with Crippen LogP contribution in [0.4, 0.5) is 14.9 Å². The Hall–Kier alpha value is -2.09. The van der Waals surface area contributed by atoms with Gasteiger partial charge in [-0.2, -0.15) is 0 Å². The first-order valence-electron chi connectivity index (χ1n) is 8.40. The van der Waals surface area contributed by atoms with E-state index < -0.39 is 0 Å². The molecule has 0 spiro atoms. The minimum atomic E-state index is -0.345. The van der Waals surface area contributed by atoms with Gasteiger partial charge in [0, 0.05) is 17.2 Å². The molecule has 1 heterocycles. The van der Waals surface area contributed by atoms with Crippen LogP contribution in [0.3, 0.4) is 0 Å². The Morgan fingerprint density at radius 2 is 2.04 bits per heavy atom. The Bertz CT molecular complexity index is 759. The third-order valence-electron chi connectivity index (χ3n) is 4.17. The van der Waals surface area contributed by atoms with E-state index in [1.165, 1.54) is 17.8 Å². The molecule has 26 heavy (non-hydrogen) atoms. The van der Waals surface area contributed by atoms with Gasteiger partial charge in [0.2, 0.25) is 0 Å². The molecule has 1 atom stereocenters. The predicted octanol–water partition coefficient (Wildman–Crippen LogP) is 3.34. The SMILES string of the molecule is O=C(Nc1ccccc1SCc1ccccc1F)N1CCOC[C@H]1CO. The topological polar surface area (TPSA) is 61.8 Å². The van der Waals surface area contributed by atoms with Crippen LogP contribution in [0.25, 0.3) is 0 Å². The summed E-state index contributed by atoms with van der Waals surface area (Å²) in [6.45, 7) is 1.07. The quantitative estimate of drug-likeness (QED) is 0.786. The van der Waals surface area contributed by atoms with E-state index in [1.807, 2.05) is 24.3 Å². The Balaban J connectivity index is 1.68. The highest BCUT2D eigenvalue weighted by Crippen LogP contribution is 2.30. The molecule has 0 aliphatic carbocycles. The first-order chi connectivity index (χ1) is 12.7. The lowest BCUT2D eigenvalue weighted by Crippen LogP contribution is -2.52. The van der Waals surface area contributed by atoms with E-state index in [0.717, 1.165) is 4.90 Å². The summed E-state index contributed by atoms with van der Waals surface area (Å²) in [4.78, 5) is 15.0. The number of nitrogens with zero attached hydrogens (tertiary/aromatic N) is 1. The van der Waals surface area contributed by atoms with Gasteiger partial charge >= 0.3 is 6.03 Å². The van der Waals surface area contributed by atoms with Crippen LogP contribution in [0.15, 0.2) is 53.4 Å². The summed E-state index contributed by atoms with van der Waals surface area (Å²) < 4.78 is 19.1. The molecule has 3 rings (SSSR count). The number of aliphatic hydroxyl groups excluding tert-OH is 1. The molecule has 1 fully saturated rings. The van der Waals surface area contributed by atoms with E-state index in [2.05, 4.69) is 5.32 Å². The number of carbonyl (C=O) groups excluding carboxylic acids is 1. The summed E-state index contributed by atoms with van der Waals surface area (Å²) in [5, 5.41) is 12.3. The summed E-state index contributed by atoms with van der Waals surface area (Å²) in [5.74, 6) is 0.233. The van der Waals surface area contributed by atoms with Crippen molar-refractivity contribution < 1.29 is 19.0 Å².